The Morgan fingerprint density at radius 3 is 2.53 bits per heavy atom. The molecule has 0 unspecified atom stereocenters. The van der Waals surface area contributed by atoms with E-state index >= 15 is 0 Å². The van der Waals surface area contributed by atoms with E-state index in [-0.39, 0.29) is 0 Å². The fourth-order valence-corrected chi connectivity index (χ4v) is 4.68. The van der Waals surface area contributed by atoms with Crippen LogP contribution in [0.4, 0.5) is 17.5 Å². The van der Waals surface area contributed by atoms with Crippen LogP contribution in [0.15, 0.2) is 36.4 Å². The van der Waals surface area contributed by atoms with E-state index in [0.717, 1.165) is 30.2 Å². The first-order chi connectivity index (χ1) is 14.8. The van der Waals surface area contributed by atoms with Crippen LogP contribution in [0, 0.1) is 0 Å². The monoisotopic (exact) mass is 406 g/mol. The molecule has 1 aromatic carbocycles. The number of nitrogens with two attached hydrogens (primary N) is 1. The SMILES string of the molecule is Nc1c(C2CCCC2)ccc2nc(Nc3ccc(OCCN4CCCC4)cc3)nn12. The molecule has 0 amide bonds. The molecule has 7 nitrogen and oxygen atoms in total. The summed E-state index contributed by atoms with van der Waals surface area (Å²) in [6.07, 6.45) is 7.61. The van der Waals surface area contributed by atoms with Gasteiger partial charge in [0.2, 0.25) is 5.95 Å². The molecule has 3 N–H and O–H groups in total. The van der Waals surface area contributed by atoms with Gasteiger partial charge in [-0.25, -0.2) is 0 Å². The number of ether oxygens (including phenoxy) is 1. The second-order valence-corrected chi connectivity index (χ2v) is 8.41. The maximum Gasteiger partial charge on any atom is 0.247 e. The Kier molecular flexibility index (Phi) is 5.45. The molecule has 30 heavy (non-hydrogen) atoms. The van der Waals surface area contributed by atoms with E-state index in [1.165, 1.54) is 57.2 Å². The van der Waals surface area contributed by atoms with Crippen molar-refractivity contribution < 1.29 is 4.74 Å². The lowest BCUT2D eigenvalue weighted by Gasteiger charge is -2.15. The number of fused-ring (bicyclic) bond motifs is 1. The molecule has 158 valence electrons. The predicted molar refractivity (Wildman–Crippen MR) is 120 cm³/mol. The number of aromatic nitrogens is 3. The Labute approximate surface area is 177 Å². The minimum absolute atomic E-state index is 0.549. The van der Waals surface area contributed by atoms with Gasteiger partial charge in [0, 0.05) is 12.2 Å². The Hall–Kier alpha value is -2.80. The van der Waals surface area contributed by atoms with E-state index < -0.39 is 0 Å². The van der Waals surface area contributed by atoms with Crippen molar-refractivity contribution in [1.82, 2.24) is 19.5 Å². The van der Waals surface area contributed by atoms with Crippen molar-refractivity contribution in [3.05, 3.63) is 42.0 Å². The molecule has 7 heteroatoms. The second-order valence-electron chi connectivity index (χ2n) is 8.41. The molecule has 2 aromatic heterocycles. The van der Waals surface area contributed by atoms with Crippen LogP contribution in [0.1, 0.15) is 50.0 Å². The molecule has 1 saturated carbocycles. The molecule has 0 radical (unpaired) electrons. The third kappa shape index (κ3) is 4.07. The normalized spacial score (nSPS) is 17.7. The molecule has 0 bridgehead atoms. The predicted octanol–water partition coefficient (Wildman–Crippen LogP) is 4.19. The maximum atomic E-state index is 6.43. The highest BCUT2D eigenvalue weighted by Gasteiger charge is 2.21. The van der Waals surface area contributed by atoms with Gasteiger partial charge in [0.1, 0.15) is 18.2 Å². The van der Waals surface area contributed by atoms with Gasteiger partial charge in [0.05, 0.1) is 0 Å². The summed E-state index contributed by atoms with van der Waals surface area (Å²) in [6, 6.07) is 12.1. The minimum Gasteiger partial charge on any atom is -0.492 e. The molecule has 1 saturated heterocycles. The number of hydrogen-bond acceptors (Lipinski definition) is 6. The summed E-state index contributed by atoms with van der Waals surface area (Å²) in [6.45, 7) is 4.12. The Bertz CT molecular complexity index is 987. The fraction of sp³-hybridized carbons (Fsp3) is 0.478. The largest absolute Gasteiger partial charge is 0.492 e. The van der Waals surface area contributed by atoms with Crippen LogP contribution in [0.2, 0.25) is 0 Å². The number of anilines is 3. The highest BCUT2D eigenvalue weighted by Crippen LogP contribution is 2.37. The van der Waals surface area contributed by atoms with Gasteiger partial charge in [-0.3, -0.25) is 4.90 Å². The van der Waals surface area contributed by atoms with E-state index in [2.05, 4.69) is 26.4 Å². The zero-order chi connectivity index (χ0) is 20.3. The average molecular weight is 407 g/mol. The first-order valence-corrected chi connectivity index (χ1v) is 11.1. The number of likely N-dealkylation sites (tertiary alicyclic amines) is 1. The van der Waals surface area contributed by atoms with Gasteiger partial charge in [-0.2, -0.15) is 9.50 Å². The van der Waals surface area contributed by atoms with Crippen LogP contribution in [-0.2, 0) is 0 Å². The Morgan fingerprint density at radius 2 is 1.77 bits per heavy atom. The van der Waals surface area contributed by atoms with Crippen molar-refractivity contribution in [2.45, 2.75) is 44.4 Å². The Balaban J connectivity index is 1.23. The zero-order valence-corrected chi connectivity index (χ0v) is 17.4. The van der Waals surface area contributed by atoms with Gasteiger partial charge in [0.25, 0.3) is 0 Å². The smallest absolute Gasteiger partial charge is 0.247 e. The van der Waals surface area contributed by atoms with Gasteiger partial charge >= 0.3 is 0 Å². The van der Waals surface area contributed by atoms with Crippen molar-refractivity contribution in [2.75, 3.05) is 37.3 Å². The van der Waals surface area contributed by atoms with Crippen LogP contribution in [0.3, 0.4) is 0 Å². The summed E-state index contributed by atoms with van der Waals surface area (Å²) in [5.41, 5.74) is 9.32. The molecule has 1 aliphatic carbocycles. The quantitative estimate of drug-likeness (QED) is 0.612. The van der Waals surface area contributed by atoms with E-state index in [1.807, 2.05) is 30.3 Å². The summed E-state index contributed by atoms with van der Waals surface area (Å²) in [5.74, 6) is 2.69. The summed E-state index contributed by atoms with van der Waals surface area (Å²) >= 11 is 0. The summed E-state index contributed by atoms with van der Waals surface area (Å²) in [4.78, 5) is 7.03. The van der Waals surface area contributed by atoms with Crippen LogP contribution in [0.25, 0.3) is 5.65 Å². The topological polar surface area (TPSA) is 80.7 Å². The summed E-state index contributed by atoms with van der Waals surface area (Å²) in [7, 11) is 0. The molecule has 3 aromatic rings. The number of nitrogens with zero attached hydrogens (tertiary/aromatic N) is 4. The molecule has 1 aliphatic heterocycles. The van der Waals surface area contributed by atoms with Crippen molar-refractivity contribution in [3.8, 4) is 5.75 Å². The van der Waals surface area contributed by atoms with Crippen molar-refractivity contribution in [3.63, 3.8) is 0 Å². The molecular formula is C23H30N6O. The Morgan fingerprint density at radius 1 is 1.00 bits per heavy atom. The van der Waals surface area contributed by atoms with Gasteiger partial charge in [-0.15, -0.1) is 5.10 Å². The third-order valence-electron chi connectivity index (χ3n) is 6.35. The standard InChI is InChI=1S/C23H30N6O/c24-22-20(17-5-1-2-6-17)11-12-21-26-23(27-29(21)22)25-18-7-9-19(10-8-18)30-16-15-28-13-3-4-14-28/h7-12,17H,1-6,13-16,24H2,(H,25,27). The van der Waals surface area contributed by atoms with Crippen molar-refractivity contribution in [1.29, 1.82) is 0 Å². The van der Waals surface area contributed by atoms with Gasteiger partial charge < -0.3 is 15.8 Å². The van der Waals surface area contributed by atoms with Gasteiger partial charge in [0.15, 0.2) is 5.65 Å². The first kappa shape index (κ1) is 19.2. The lowest BCUT2D eigenvalue weighted by atomic mass is 9.98. The molecule has 3 heterocycles. The lowest BCUT2D eigenvalue weighted by molar-refractivity contribution is 0.238. The van der Waals surface area contributed by atoms with E-state index in [9.17, 15) is 0 Å². The molecule has 2 fully saturated rings. The lowest BCUT2D eigenvalue weighted by Crippen LogP contribution is -2.25. The number of rotatable bonds is 7. The molecule has 2 aliphatic rings. The zero-order valence-electron chi connectivity index (χ0n) is 17.4. The maximum absolute atomic E-state index is 6.43. The number of nitrogens with one attached hydrogen (secondary N) is 1. The molecule has 0 spiro atoms. The summed E-state index contributed by atoms with van der Waals surface area (Å²) < 4.78 is 7.63. The van der Waals surface area contributed by atoms with Crippen molar-refractivity contribution in [2.24, 2.45) is 0 Å². The third-order valence-corrected chi connectivity index (χ3v) is 6.35. The van der Waals surface area contributed by atoms with Crippen LogP contribution in [0.5, 0.6) is 5.75 Å². The van der Waals surface area contributed by atoms with Gasteiger partial charge in [-0.05, 0) is 80.6 Å². The average Bonchev–Trinajstić information content (AvgIpc) is 3.52. The fourth-order valence-electron chi connectivity index (χ4n) is 4.68. The van der Waals surface area contributed by atoms with Crippen LogP contribution >= 0.6 is 0 Å². The van der Waals surface area contributed by atoms with Crippen LogP contribution in [-0.4, -0.2) is 45.7 Å². The second kappa shape index (κ2) is 8.52. The highest BCUT2D eigenvalue weighted by molar-refractivity contribution is 5.59. The van der Waals surface area contributed by atoms with Crippen molar-refractivity contribution >= 4 is 23.1 Å². The number of hydrogen-bond donors (Lipinski definition) is 2. The molecular weight excluding hydrogens is 376 g/mol. The highest BCUT2D eigenvalue weighted by atomic mass is 16.5. The van der Waals surface area contributed by atoms with Gasteiger partial charge in [-0.1, -0.05) is 18.9 Å². The number of pyridine rings is 1. The minimum atomic E-state index is 0.549. The van der Waals surface area contributed by atoms with E-state index in [0.29, 0.717) is 17.7 Å². The molecule has 5 rings (SSSR count). The van der Waals surface area contributed by atoms with E-state index in [4.69, 9.17) is 10.5 Å². The number of benzene rings is 1. The first-order valence-electron chi connectivity index (χ1n) is 11.1. The summed E-state index contributed by atoms with van der Waals surface area (Å²) in [5, 5.41) is 7.86. The van der Waals surface area contributed by atoms with E-state index in [1.54, 1.807) is 4.52 Å². The molecule has 0 atom stereocenters. The van der Waals surface area contributed by atoms with Crippen LogP contribution < -0.4 is 15.8 Å². The number of nitrogen functional groups attached to an aromatic ring is 1.